The van der Waals surface area contributed by atoms with E-state index in [4.69, 9.17) is 9.84 Å². The van der Waals surface area contributed by atoms with Crippen LogP contribution in [0.15, 0.2) is 23.8 Å². The number of ether oxygens (including phenoxy) is 2. The van der Waals surface area contributed by atoms with Crippen molar-refractivity contribution in [2.45, 2.75) is 6.92 Å². The number of hydrogen-bond donors (Lipinski definition) is 2. The smallest absolute Gasteiger partial charge is 0.345 e. The summed E-state index contributed by atoms with van der Waals surface area (Å²) in [6.07, 6.45) is 0. The maximum Gasteiger partial charge on any atom is 0.345 e. The molecule has 0 spiro atoms. The lowest BCUT2D eigenvalue weighted by Crippen LogP contribution is -2.15. The van der Waals surface area contributed by atoms with Gasteiger partial charge >= 0.3 is 11.9 Å². The van der Waals surface area contributed by atoms with Crippen molar-refractivity contribution in [3.8, 4) is 11.5 Å². The Hall–Kier alpha value is -2.50. The number of carboxylic acids is 1. The molecule has 0 amide bonds. The summed E-state index contributed by atoms with van der Waals surface area (Å²) in [7, 11) is 2.48. The summed E-state index contributed by atoms with van der Waals surface area (Å²) in [4.78, 5) is 22.5. The van der Waals surface area contributed by atoms with Crippen LogP contribution in [0, 0.1) is 0 Å². The van der Waals surface area contributed by atoms with Gasteiger partial charge in [0, 0.05) is 0 Å². The number of benzene rings is 1. The van der Waals surface area contributed by atoms with E-state index in [0.29, 0.717) is 5.56 Å². The van der Waals surface area contributed by atoms with E-state index in [1.807, 2.05) is 0 Å². The van der Waals surface area contributed by atoms with E-state index in [9.17, 15) is 14.7 Å². The third-order valence-corrected chi connectivity index (χ3v) is 2.59. The van der Waals surface area contributed by atoms with Crippen molar-refractivity contribution in [3.05, 3.63) is 29.3 Å². The molecule has 6 heteroatoms. The Morgan fingerprint density at radius 2 is 1.84 bits per heavy atom. The molecular weight excluding hydrogens is 252 g/mol. The maximum atomic E-state index is 11.4. The molecule has 0 aliphatic carbocycles. The van der Waals surface area contributed by atoms with Gasteiger partial charge in [-0.05, 0) is 30.2 Å². The van der Waals surface area contributed by atoms with Gasteiger partial charge in [0.05, 0.1) is 14.2 Å². The van der Waals surface area contributed by atoms with Crippen LogP contribution in [0.3, 0.4) is 0 Å². The van der Waals surface area contributed by atoms with Gasteiger partial charge in [0.15, 0.2) is 11.5 Å². The molecule has 0 unspecified atom stereocenters. The van der Waals surface area contributed by atoms with Crippen molar-refractivity contribution in [3.63, 3.8) is 0 Å². The lowest BCUT2D eigenvalue weighted by molar-refractivity contribution is -0.142. The van der Waals surface area contributed by atoms with Crippen molar-refractivity contribution in [1.29, 1.82) is 0 Å². The van der Waals surface area contributed by atoms with Gasteiger partial charge in [-0.25, -0.2) is 9.59 Å². The highest BCUT2D eigenvalue weighted by Gasteiger charge is 2.22. The zero-order valence-corrected chi connectivity index (χ0v) is 10.8. The van der Waals surface area contributed by atoms with E-state index in [-0.39, 0.29) is 17.1 Å². The fourth-order valence-electron chi connectivity index (χ4n) is 1.56. The van der Waals surface area contributed by atoms with Crippen molar-refractivity contribution in [2.75, 3.05) is 14.2 Å². The lowest BCUT2D eigenvalue weighted by atomic mass is 10.0. The molecule has 0 bridgehead atoms. The topological polar surface area (TPSA) is 93.1 Å². The van der Waals surface area contributed by atoms with Gasteiger partial charge in [-0.1, -0.05) is 6.07 Å². The number of esters is 1. The SMILES string of the molecule is COC(=O)/C(C(=O)O)=C(\C)c1ccc(O)c(OC)c1. The molecule has 0 aliphatic heterocycles. The minimum absolute atomic E-state index is 0.0750. The number of rotatable bonds is 4. The van der Waals surface area contributed by atoms with Crippen LogP contribution < -0.4 is 4.74 Å². The molecule has 2 N–H and O–H groups in total. The first kappa shape index (κ1) is 14.6. The van der Waals surface area contributed by atoms with Gasteiger partial charge in [0.1, 0.15) is 5.57 Å². The monoisotopic (exact) mass is 266 g/mol. The Bertz CT molecular complexity index is 544. The van der Waals surface area contributed by atoms with Crippen LogP contribution in [-0.4, -0.2) is 36.4 Å². The molecule has 0 aromatic heterocycles. The van der Waals surface area contributed by atoms with Gasteiger partial charge in [-0.15, -0.1) is 0 Å². The number of aliphatic carboxylic acids is 1. The summed E-state index contributed by atoms with van der Waals surface area (Å²) in [5.74, 6) is -2.20. The standard InChI is InChI=1S/C13H14O6/c1-7(11(12(15)16)13(17)19-3)8-4-5-9(14)10(6-8)18-2/h4-6,14H,1-3H3,(H,15,16)/b11-7+. The van der Waals surface area contributed by atoms with E-state index < -0.39 is 17.5 Å². The molecule has 0 aliphatic rings. The Labute approximate surface area is 109 Å². The summed E-state index contributed by atoms with van der Waals surface area (Å²) in [5, 5.41) is 18.5. The third kappa shape index (κ3) is 3.04. The lowest BCUT2D eigenvalue weighted by Gasteiger charge is -2.09. The average Bonchev–Trinajstić information content (AvgIpc) is 2.38. The Morgan fingerprint density at radius 3 is 2.32 bits per heavy atom. The molecule has 0 saturated heterocycles. The highest BCUT2D eigenvalue weighted by Crippen LogP contribution is 2.30. The van der Waals surface area contributed by atoms with Crippen LogP contribution in [0.2, 0.25) is 0 Å². The van der Waals surface area contributed by atoms with Gasteiger partial charge < -0.3 is 19.7 Å². The normalized spacial score (nSPS) is 11.5. The van der Waals surface area contributed by atoms with E-state index in [0.717, 1.165) is 7.11 Å². The zero-order chi connectivity index (χ0) is 14.6. The zero-order valence-electron chi connectivity index (χ0n) is 10.8. The van der Waals surface area contributed by atoms with E-state index in [1.165, 1.54) is 32.2 Å². The molecule has 1 rings (SSSR count). The van der Waals surface area contributed by atoms with Crippen LogP contribution in [0.1, 0.15) is 12.5 Å². The minimum atomic E-state index is -1.38. The van der Waals surface area contributed by atoms with Gasteiger partial charge in [-0.2, -0.15) is 0 Å². The number of methoxy groups -OCH3 is 2. The third-order valence-electron chi connectivity index (χ3n) is 2.59. The van der Waals surface area contributed by atoms with Crippen LogP contribution in [0.25, 0.3) is 5.57 Å². The van der Waals surface area contributed by atoms with E-state index >= 15 is 0 Å². The van der Waals surface area contributed by atoms with Gasteiger partial charge in [0.25, 0.3) is 0 Å². The van der Waals surface area contributed by atoms with E-state index in [2.05, 4.69) is 4.74 Å². The molecule has 0 atom stereocenters. The van der Waals surface area contributed by atoms with Crippen LogP contribution in [0.4, 0.5) is 0 Å². The molecule has 19 heavy (non-hydrogen) atoms. The number of hydrogen-bond acceptors (Lipinski definition) is 5. The van der Waals surface area contributed by atoms with Crippen molar-refractivity contribution in [1.82, 2.24) is 0 Å². The fourth-order valence-corrected chi connectivity index (χ4v) is 1.56. The molecule has 0 saturated carbocycles. The molecule has 6 nitrogen and oxygen atoms in total. The van der Waals surface area contributed by atoms with Crippen LogP contribution >= 0.6 is 0 Å². The van der Waals surface area contributed by atoms with E-state index in [1.54, 1.807) is 0 Å². The Balaban J connectivity index is 3.40. The summed E-state index contributed by atoms with van der Waals surface area (Å²) >= 11 is 0. The number of phenolic OH excluding ortho intramolecular Hbond substituents is 1. The van der Waals surface area contributed by atoms with Crippen molar-refractivity contribution >= 4 is 17.5 Å². The summed E-state index contributed by atoms with van der Waals surface area (Å²) in [6.45, 7) is 1.48. The fraction of sp³-hybridized carbons (Fsp3) is 0.231. The predicted octanol–water partition coefficient (Wildman–Crippen LogP) is 1.43. The number of phenols is 1. The number of carboxylic acid groups (broad SMARTS) is 1. The number of carbonyl (C=O) groups excluding carboxylic acids is 1. The number of allylic oxidation sites excluding steroid dienone is 1. The molecular formula is C13H14O6. The molecule has 1 aromatic carbocycles. The first-order valence-electron chi connectivity index (χ1n) is 5.32. The highest BCUT2D eigenvalue weighted by molar-refractivity contribution is 6.19. The van der Waals surface area contributed by atoms with Gasteiger partial charge in [-0.3, -0.25) is 0 Å². The quantitative estimate of drug-likeness (QED) is 0.370. The second-order valence-corrected chi connectivity index (χ2v) is 3.68. The summed E-state index contributed by atoms with van der Waals surface area (Å²) < 4.78 is 9.36. The average molecular weight is 266 g/mol. The minimum Gasteiger partial charge on any atom is -0.504 e. The maximum absolute atomic E-state index is 11.4. The second-order valence-electron chi connectivity index (χ2n) is 3.68. The Morgan fingerprint density at radius 1 is 1.21 bits per heavy atom. The van der Waals surface area contributed by atoms with Crippen molar-refractivity contribution < 1.29 is 29.3 Å². The summed E-state index contributed by atoms with van der Waals surface area (Å²) in [5.41, 5.74) is 0.199. The first-order chi connectivity index (χ1) is 8.92. The largest absolute Gasteiger partial charge is 0.504 e. The summed E-state index contributed by atoms with van der Waals surface area (Å²) in [6, 6.07) is 4.28. The highest BCUT2D eigenvalue weighted by atomic mass is 16.5. The molecule has 0 heterocycles. The molecule has 102 valence electrons. The predicted molar refractivity (Wildman–Crippen MR) is 66.9 cm³/mol. The van der Waals surface area contributed by atoms with Crippen molar-refractivity contribution in [2.24, 2.45) is 0 Å². The van der Waals surface area contributed by atoms with Gasteiger partial charge in [0.2, 0.25) is 0 Å². The molecule has 1 aromatic rings. The Kier molecular flexibility index (Phi) is 4.52. The number of aromatic hydroxyl groups is 1. The van der Waals surface area contributed by atoms with Crippen LogP contribution in [0.5, 0.6) is 11.5 Å². The molecule has 0 radical (unpaired) electrons. The second kappa shape index (κ2) is 5.90. The van der Waals surface area contributed by atoms with Crippen LogP contribution in [-0.2, 0) is 14.3 Å². The first-order valence-corrected chi connectivity index (χ1v) is 5.32. The number of carbonyl (C=O) groups is 2. The molecule has 0 fully saturated rings.